The molecule has 2 heterocycles. The highest BCUT2D eigenvalue weighted by molar-refractivity contribution is 6.10. The first kappa shape index (κ1) is 18.9. The smallest absolute Gasteiger partial charge is 0.352 e. The van der Waals surface area contributed by atoms with Crippen molar-refractivity contribution in [3.63, 3.8) is 0 Å². The number of hydrogen-bond acceptors (Lipinski definition) is 5. The molecule has 31 heavy (non-hydrogen) atoms. The summed E-state index contributed by atoms with van der Waals surface area (Å²) in [6.45, 7) is 0.0125. The fourth-order valence-corrected chi connectivity index (χ4v) is 3.65. The molecule has 0 saturated carbocycles. The molecule has 0 radical (unpaired) electrons. The third-order valence-corrected chi connectivity index (χ3v) is 5.20. The van der Waals surface area contributed by atoms with Crippen molar-refractivity contribution >= 4 is 22.7 Å². The number of Topliss-reactive ketones (excluding diaryl/α,β-unsaturated/α-hetero) is 1. The molecule has 1 aromatic heterocycles. The van der Waals surface area contributed by atoms with E-state index in [4.69, 9.17) is 14.2 Å². The zero-order valence-electron chi connectivity index (χ0n) is 16.5. The van der Waals surface area contributed by atoms with Gasteiger partial charge in [0.15, 0.2) is 17.6 Å². The zero-order chi connectivity index (χ0) is 21.2. The number of aromatic amines is 1. The predicted molar refractivity (Wildman–Crippen MR) is 114 cm³/mol. The molecule has 6 nitrogen and oxygen atoms in total. The number of H-pyrrole nitrogens is 1. The maximum absolute atomic E-state index is 13.5. The van der Waals surface area contributed by atoms with Gasteiger partial charge >= 0.3 is 5.97 Å². The minimum Gasteiger partial charge on any atom is -0.485 e. The van der Waals surface area contributed by atoms with Gasteiger partial charge in [-0.3, -0.25) is 4.79 Å². The van der Waals surface area contributed by atoms with Crippen molar-refractivity contribution in [2.45, 2.75) is 12.2 Å². The molecule has 0 fully saturated rings. The summed E-state index contributed by atoms with van der Waals surface area (Å²) in [6, 6.07) is 23.6. The van der Waals surface area contributed by atoms with Crippen LogP contribution in [-0.4, -0.2) is 29.4 Å². The lowest BCUT2D eigenvalue weighted by atomic mass is 9.99. The summed E-state index contributed by atoms with van der Waals surface area (Å²) in [7, 11) is 0. The summed E-state index contributed by atoms with van der Waals surface area (Å²) in [4.78, 5) is 29.5. The van der Waals surface area contributed by atoms with E-state index in [2.05, 4.69) is 4.98 Å². The van der Waals surface area contributed by atoms with E-state index >= 15 is 0 Å². The second-order valence-electron chi connectivity index (χ2n) is 7.20. The molecule has 0 spiro atoms. The van der Waals surface area contributed by atoms with Crippen molar-refractivity contribution in [1.29, 1.82) is 0 Å². The summed E-state index contributed by atoms with van der Waals surface area (Å²) in [5.74, 6) is 0.0709. The first-order chi connectivity index (χ1) is 15.2. The molecule has 0 bridgehead atoms. The lowest BCUT2D eigenvalue weighted by Gasteiger charge is -2.26. The first-order valence-corrected chi connectivity index (χ1v) is 9.95. The molecule has 0 unspecified atom stereocenters. The molecule has 1 aliphatic heterocycles. The Bertz CT molecular complexity index is 1250. The van der Waals surface area contributed by atoms with Gasteiger partial charge in [0.05, 0.1) is 0 Å². The van der Waals surface area contributed by atoms with Crippen LogP contribution in [-0.2, 0) is 9.53 Å². The van der Waals surface area contributed by atoms with E-state index in [9.17, 15) is 9.59 Å². The second kappa shape index (κ2) is 7.99. The number of para-hydroxylation sites is 3. The van der Waals surface area contributed by atoms with E-state index in [1.807, 2.05) is 36.4 Å². The van der Waals surface area contributed by atoms with Crippen LogP contribution in [0.15, 0.2) is 85.1 Å². The van der Waals surface area contributed by atoms with Crippen LogP contribution < -0.4 is 9.47 Å². The standard InChI is InChI=1S/C25H19NO5/c27-23(18-14-26-19-11-5-4-10-17(18)19)24(16-8-2-1-3-9-16)31-25(28)22-15-29-20-12-6-7-13-21(20)30-22/h1-14,22,24,26H,15H2/t22-,24+/m0/s1. The number of aromatic nitrogens is 1. The van der Waals surface area contributed by atoms with Gasteiger partial charge < -0.3 is 19.2 Å². The Hall–Kier alpha value is -4.06. The molecule has 3 aromatic carbocycles. The number of carbonyl (C=O) groups is 2. The molecule has 0 amide bonds. The average molecular weight is 413 g/mol. The molecule has 154 valence electrons. The Morgan fingerprint density at radius 1 is 0.903 bits per heavy atom. The Balaban J connectivity index is 1.43. The number of nitrogens with one attached hydrogen (secondary N) is 1. The summed E-state index contributed by atoms with van der Waals surface area (Å²) in [5, 5.41) is 0.774. The fraction of sp³-hybridized carbons (Fsp3) is 0.120. The molecular weight excluding hydrogens is 394 g/mol. The lowest BCUT2D eigenvalue weighted by molar-refractivity contribution is -0.158. The maximum atomic E-state index is 13.5. The molecule has 0 saturated heterocycles. The monoisotopic (exact) mass is 413 g/mol. The van der Waals surface area contributed by atoms with Crippen molar-refractivity contribution in [3.05, 3.63) is 96.2 Å². The summed E-state index contributed by atoms with van der Waals surface area (Å²) in [6.07, 6.45) is -0.418. The van der Waals surface area contributed by atoms with E-state index < -0.39 is 18.2 Å². The van der Waals surface area contributed by atoms with Crippen molar-refractivity contribution in [2.24, 2.45) is 0 Å². The largest absolute Gasteiger partial charge is 0.485 e. The van der Waals surface area contributed by atoms with E-state index in [1.54, 1.807) is 48.7 Å². The number of esters is 1. The van der Waals surface area contributed by atoms with Gasteiger partial charge in [0.2, 0.25) is 11.9 Å². The molecule has 5 rings (SSSR count). The second-order valence-corrected chi connectivity index (χ2v) is 7.20. The van der Waals surface area contributed by atoms with Crippen LogP contribution in [0.4, 0.5) is 0 Å². The highest BCUT2D eigenvalue weighted by Crippen LogP contribution is 2.32. The van der Waals surface area contributed by atoms with Crippen LogP contribution >= 0.6 is 0 Å². The summed E-state index contributed by atoms with van der Waals surface area (Å²) >= 11 is 0. The van der Waals surface area contributed by atoms with E-state index in [0.29, 0.717) is 22.6 Å². The van der Waals surface area contributed by atoms with E-state index in [0.717, 1.165) is 10.9 Å². The zero-order valence-corrected chi connectivity index (χ0v) is 16.5. The van der Waals surface area contributed by atoms with Gasteiger partial charge in [0.1, 0.15) is 6.61 Å². The number of fused-ring (bicyclic) bond motifs is 2. The molecule has 1 aliphatic rings. The Labute approximate surface area is 178 Å². The highest BCUT2D eigenvalue weighted by Gasteiger charge is 2.34. The minimum atomic E-state index is -1.10. The number of benzene rings is 3. The van der Waals surface area contributed by atoms with Crippen molar-refractivity contribution in [3.8, 4) is 11.5 Å². The van der Waals surface area contributed by atoms with Crippen molar-refractivity contribution in [2.75, 3.05) is 6.61 Å². The van der Waals surface area contributed by atoms with Gasteiger partial charge in [-0.05, 0) is 18.2 Å². The van der Waals surface area contributed by atoms with Crippen molar-refractivity contribution < 1.29 is 23.8 Å². The minimum absolute atomic E-state index is 0.0125. The maximum Gasteiger partial charge on any atom is 0.352 e. The molecular formula is C25H19NO5. The summed E-state index contributed by atoms with van der Waals surface area (Å²) < 4.78 is 17.1. The molecule has 6 heteroatoms. The number of rotatable bonds is 5. The summed E-state index contributed by atoms with van der Waals surface area (Å²) in [5.41, 5.74) is 1.89. The number of ketones is 1. The Morgan fingerprint density at radius 3 is 2.45 bits per heavy atom. The van der Waals surface area contributed by atoms with Crippen LogP contribution in [0.1, 0.15) is 22.0 Å². The van der Waals surface area contributed by atoms with Crippen LogP contribution in [0.3, 0.4) is 0 Å². The van der Waals surface area contributed by atoms with Crippen molar-refractivity contribution in [1.82, 2.24) is 4.98 Å². The van der Waals surface area contributed by atoms with Gasteiger partial charge in [-0.2, -0.15) is 0 Å². The van der Waals surface area contributed by atoms with Gasteiger partial charge in [-0.15, -0.1) is 0 Å². The first-order valence-electron chi connectivity index (χ1n) is 9.95. The van der Waals surface area contributed by atoms with Crippen LogP contribution in [0.2, 0.25) is 0 Å². The molecule has 2 atom stereocenters. The SMILES string of the molecule is O=C(O[C@@H](C(=O)c1c[nH]c2ccccc12)c1ccccc1)[C@@H]1COc2ccccc2O1. The fourth-order valence-electron chi connectivity index (χ4n) is 3.65. The van der Waals surface area contributed by atoms with Gasteiger partial charge in [-0.25, -0.2) is 4.79 Å². The van der Waals surface area contributed by atoms with E-state index in [-0.39, 0.29) is 12.4 Å². The number of hydrogen-bond donors (Lipinski definition) is 1. The third kappa shape index (κ3) is 3.64. The topological polar surface area (TPSA) is 77.6 Å². The van der Waals surface area contributed by atoms with Gasteiger partial charge in [-0.1, -0.05) is 60.7 Å². The average Bonchev–Trinajstić information content (AvgIpc) is 3.26. The molecule has 0 aliphatic carbocycles. The normalized spacial score (nSPS) is 15.9. The van der Waals surface area contributed by atoms with Crippen LogP contribution in [0, 0.1) is 0 Å². The van der Waals surface area contributed by atoms with Gasteiger partial charge in [0, 0.05) is 28.2 Å². The van der Waals surface area contributed by atoms with Gasteiger partial charge in [0.25, 0.3) is 0 Å². The molecule has 1 N–H and O–H groups in total. The Kier molecular flexibility index (Phi) is 4.88. The molecule has 4 aromatic rings. The highest BCUT2D eigenvalue weighted by atomic mass is 16.6. The van der Waals surface area contributed by atoms with Crippen LogP contribution in [0.25, 0.3) is 10.9 Å². The van der Waals surface area contributed by atoms with E-state index in [1.165, 1.54) is 0 Å². The predicted octanol–water partition coefficient (Wildman–Crippen LogP) is 4.48. The quantitative estimate of drug-likeness (QED) is 0.386. The number of carbonyl (C=O) groups excluding carboxylic acids is 2. The number of ether oxygens (including phenoxy) is 3. The lowest BCUT2D eigenvalue weighted by Crippen LogP contribution is -2.39. The van der Waals surface area contributed by atoms with Crippen LogP contribution in [0.5, 0.6) is 11.5 Å². The Morgan fingerprint density at radius 2 is 1.61 bits per heavy atom. The third-order valence-electron chi connectivity index (χ3n) is 5.20.